The summed E-state index contributed by atoms with van der Waals surface area (Å²) in [5, 5.41) is 19.6. The number of benzene rings is 2. The van der Waals surface area contributed by atoms with Crippen LogP contribution in [0.4, 0.5) is 11.4 Å². The standard InChI is InChI=1S/C14H11N3O4/c1-20-11-4-9(8-15)5-12(7-11)21-14-3-2-10(17(18)19)6-13(14)16/h2-7H,16H2,1H3. The average molecular weight is 285 g/mol. The molecular formula is C14H11N3O4. The molecule has 2 rings (SSSR count). The molecule has 7 heteroatoms. The molecule has 2 aromatic carbocycles. The molecule has 0 heterocycles. The lowest BCUT2D eigenvalue weighted by molar-refractivity contribution is -0.384. The fourth-order valence-electron chi connectivity index (χ4n) is 1.68. The van der Waals surface area contributed by atoms with E-state index < -0.39 is 4.92 Å². The van der Waals surface area contributed by atoms with Gasteiger partial charge in [0.25, 0.3) is 5.69 Å². The van der Waals surface area contributed by atoms with Gasteiger partial charge in [-0.15, -0.1) is 0 Å². The second-order valence-electron chi connectivity index (χ2n) is 4.09. The first-order chi connectivity index (χ1) is 10.0. The van der Waals surface area contributed by atoms with Gasteiger partial charge in [0.2, 0.25) is 0 Å². The Hall–Kier alpha value is -3.27. The van der Waals surface area contributed by atoms with Crippen LogP contribution in [-0.4, -0.2) is 12.0 Å². The molecule has 0 fully saturated rings. The summed E-state index contributed by atoms with van der Waals surface area (Å²) in [6.45, 7) is 0. The second kappa shape index (κ2) is 5.79. The molecule has 0 spiro atoms. The number of nitriles is 1. The third kappa shape index (κ3) is 3.19. The Labute approximate surface area is 120 Å². The van der Waals surface area contributed by atoms with Crippen LogP contribution in [0.1, 0.15) is 5.56 Å². The van der Waals surface area contributed by atoms with Crippen LogP contribution in [0.15, 0.2) is 36.4 Å². The largest absolute Gasteiger partial charge is 0.497 e. The molecule has 0 aliphatic rings. The number of nitro groups is 1. The van der Waals surface area contributed by atoms with Crippen LogP contribution in [-0.2, 0) is 0 Å². The Morgan fingerprint density at radius 3 is 2.52 bits per heavy atom. The highest BCUT2D eigenvalue weighted by Crippen LogP contribution is 2.32. The molecule has 2 aromatic rings. The topological polar surface area (TPSA) is 111 Å². The Bertz CT molecular complexity index is 737. The summed E-state index contributed by atoms with van der Waals surface area (Å²) < 4.78 is 10.6. The maximum absolute atomic E-state index is 10.6. The average Bonchev–Trinajstić information content (AvgIpc) is 2.48. The van der Waals surface area contributed by atoms with Crippen LogP contribution in [0.3, 0.4) is 0 Å². The van der Waals surface area contributed by atoms with Crippen molar-refractivity contribution in [3.63, 3.8) is 0 Å². The number of anilines is 1. The smallest absolute Gasteiger partial charge is 0.271 e. The normalized spacial score (nSPS) is 9.71. The minimum atomic E-state index is -0.542. The molecule has 7 nitrogen and oxygen atoms in total. The number of nitrogen functional groups attached to an aromatic ring is 1. The monoisotopic (exact) mass is 285 g/mol. The van der Waals surface area contributed by atoms with Crippen LogP contribution in [0.2, 0.25) is 0 Å². The number of ether oxygens (including phenoxy) is 2. The van der Waals surface area contributed by atoms with Gasteiger partial charge < -0.3 is 15.2 Å². The van der Waals surface area contributed by atoms with Crippen LogP contribution in [0, 0.1) is 21.4 Å². The summed E-state index contributed by atoms with van der Waals surface area (Å²) in [5.41, 5.74) is 6.10. The molecule has 0 aromatic heterocycles. The molecule has 0 radical (unpaired) electrons. The van der Waals surface area contributed by atoms with E-state index in [9.17, 15) is 10.1 Å². The Morgan fingerprint density at radius 2 is 1.95 bits per heavy atom. The molecule has 0 unspecified atom stereocenters. The molecule has 21 heavy (non-hydrogen) atoms. The van der Waals surface area contributed by atoms with Gasteiger partial charge in [-0.2, -0.15) is 5.26 Å². The first-order valence-corrected chi connectivity index (χ1v) is 5.84. The zero-order chi connectivity index (χ0) is 15.4. The number of nitrogens with zero attached hydrogens (tertiary/aromatic N) is 2. The lowest BCUT2D eigenvalue weighted by atomic mass is 10.2. The van der Waals surface area contributed by atoms with E-state index in [-0.39, 0.29) is 17.1 Å². The van der Waals surface area contributed by atoms with Crippen molar-refractivity contribution < 1.29 is 14.4 Å². The summed E-state index contributed by atoms with van der Waals surface area (Å²) in [7, 11) is 1.47. The van der Waals surface area contributed by atoms with E-state index in [4.69, 9.17) is 20.5 Å². The van der Waals surface area contributed by atoms with Gasteiger partial charge in [-0.25, -0.2) is 0 Å². The minimum Gasteiger partial charge on any atom is -0.497 e. The maximum Gasteiger partial charge on any atom is 0.271 e. The van der Waals surface area contributed by atoms with Crippen molar-refractivity contribution in [2.45, 2.75) is 0 Å². The third-order valence-electron chi connectivity index (χ3n) is 2.68. The van der Waals surface area contributed by atoms with Crippen molar-refractivity contribution in [2.75, 3.05) is 12.8 Å². The number of non-ortho nitro benzene ring substituents is 1. The molecule has 0 amide bonds. The molecule has 0 atom stereocenters. The molecule has 0 aliphatic carbocycles. The number of rotatable bonds is 4. The Balaban J connectivity index is 2.34. The molecule has 0 saturated heterocycles. The van der Waals surface area contributed by atoms with E-state index in [0.717, 1.165) is 0 Å². The predicted molar refractivity (Wildman–Crippen MR) is 75.3 cm³/mol. The van der Waals surface area contributed by atoms with E-state index >= 15 is 0 Å². The second-order valence-corrected chi connectivity index (χ2v) is 4.09. The van der Waals surface area contributed by atoms with Crippen molar-refractivity contribution in [1.29, 1.82) is 5.26 Å². The van der Waals surface area contributed by atoms with Crippen molar-refractivity contribution >= 4 is 11.4 Å². The molecular weight excluding hydrogens is 274 g/mol. The highest BCUT2D eigenvalue weighted by Gasteiger charge is 2.11. The minimum absolute atomic E-state index is 0.122. The molecule has 0 aliphatic heterocycles. The van der Waals surface area contributed by atoms with E-state index in [1.165, 1.54) is 31.4 Å². The summed E-state index contributed by atoms with van der Waals surface area (Å²) >= 11 is 0. The van der Waals surface area contributed by atoms with Gasteiger partial charge in [0, 0.05) is 18.2 Å². The van der Waals surface area contributed by atoms with Gasteiger partial charge in [0.1, 0.15) is 11.5 Å². The van der Waals surface area contributed by atoms with Crippen LogP contribution in [0.25, 0.3) is 0 Å². The molecule has 0 bridgehead atoms. The number of nitro benzene ring substituents is 1. The molecule has 2 N–H and O–H groups in total. The number of hydrogen-bond donors (Lipinski definition) is 1. The zero-order valence-electron chi connectivity index (χ0n) is 11.1. The zero-order valence-corrected chi connectivity index (χ0v) is 11.1. The fourth-order valence-corrected chi connectivity index (χ4v) is 1.68. The first kappa shape index (κ1) is 14.1. The van der Waals surface area contributed by atoms with E-state index in [0.29, 0.717) is 17.1 Å². The third-order valence-corrected chi connectivity index (χ3v) is 2.68. The van der Waals surface area contributed by atoms with Crippen molar-refractivity contribution in [1.82, 2.24) is 0 Å². The fraction of sp³-hybridized carbons (Fsp3) is 0.0714. The highest BCUT2D eigenvalue weighted by atomic mass is 16.6. The van der Waals surface area contributed by atoms with Gasteiger partial charge >= 0.3 is 0 Å². The van der Waals surface area contributed by atoms with Crippen LogP contribution in [0.5, 0.6) is 17.2 Å². The summed E-state index contributed by atoms with van der Waals surface area (Å²) in [4.78, 5) is 10.1. The van der Waals surface area contributed by atoms with E-state index in [1.807, 2.05) is 6.07 Å². The van der Waals surface area contributed by atoms with Crippen molar-refractivity contribution in [3.8, 4) is 23.3 Å². The number of nitrogens with two attached hydrogens (primary N) is 1. The van der Waals surface area contributed by atoms with Crippen LogP contribution >= 0.6 is 0 Å². The summed E-state index contributed by atoms with van der Waals surface area (Å²) in [5.74, 6) is 1.08. The highest BCUT2D eigenvalue weighted by molar-refractivity contribution is 5.59. The lowest BCUT2D eigenvalue weighted by Crippen LogP contribution is -1.95. The van der Waals surface area contributed by atoms with Gasteiger partial charge in [0.15, 0.2) is 5.75 Å². The summed E-state index contributed by atoms with van der Waals surface area (Å²) in [6, 6.07) is 10.5. The predicted octanol–water partition coefficient (Wildman–Crippen LogP) is 2.85. The van der Waals surface area contributed by atoms with Crippen molar-refractivity contribution in [3.05, 3.63) is 52.1 Å². The Kier molecular flexibility index (Phi) is 3.90. The first-order valence-electron chi connectivity index (χ1n) is 5.84. The lowest BCUT2D eigenvalue weighted by Gasteiger charge is -2.10. The van der Waals surface area contributed by atoms with Crippen LogP contribution < -0.4 is 15.2 Å². The maximum atomic E-state index is 10.6. The van der Waals surface area contributed by atoms with Crippen molar-refractivity contribution in [2.24, 2.45) is 0 Å². The van der Waals surface area contributed by atoms with E-state index in [2.05, 4.69) is 0 Å². The number of hydrogen-bond acceptors (Lipinski definition) is 6. The Morgan fingerprint density at radius 1 is 1.24 bits per heavy atom. The molecule has 106 valence electrons. The molecule has 0 saturated carbocycles. The summed E-state index contributed by atoms with van der Waals surface area (Å²) in [6.07, 6.45) is 0. The quantitative estimate of drug-likeness (QED) is 0.525. The van der Waals surface area contributed by atoms with Gasteiger partial charge in [-0.05, 0) is 18.2 Å². The number of methoxy groups -OCH3 is 1. The van der Waals surface area contributed by atoms with Gasteiger partial charge in [0.05, 0.1) is 29.4 Å². The van der Waals surface area contributed by atoms with Gasteiger partial charge in [-0.1, -0.05) is 0 Å². The SMILES string of the molecule is COc1cc(C#N)cc(Oc2ccc([N+](=O)[O-])cc2N)c1. The van der Waals surface area contributed by atoms with E-state index in [1.54, 1.807) is 12.1 Å². The van der Waals surface area contributed by atoms with Gasteiger partial charge in [-0.3, -0.25) is 10.1 Å².